The van der Waals surface area contributed by atoms with Crippen LogP contribution < -0.4 is 5.73 Å². The van der Waals surface area contributed by atoms with Gasteiger partial charge in [0.2, 0.25) is 0 Å². The SMILES string of the molecule is CC1CN(Cc2ccc(C#CCN)cc2)CC1C. The second-order valence-corrected chi connectivity index (χ2v) is 5.35. The Kier molecular flexibility index (Phi) is 4.41. The molecule has 96 valence electrons. The van der Waals surface area contributed by atoms with Crippen LogP contribution in [0.1, 0.15) is 25.0 Å². The summed E-state index contributed by atoms with van der Waals surface area (Å²) in [5, 5.41) is 0. The minimum absolute atomic E-state index is 0.422. The van der Waals surface area contributed by atoms with Crippen LogP contribution in [0.15, 0.2) is 24.3 Å². The predicted octanol–water partition coefficient (Wildman–Crippen LogP) is 2.08. The normalized spacial score (nSPS) is 23.7. The van der Waals surface area contributed by atoms with Crippen LogP contribution in [-0.4, -0.2) is 24.5 Å². The molecule has 1 aromatic rings. The van der Waals surface area contributed by atoms with Crippen molar-refractivity contribution in [1.82, 2.24) is 4.90 Å². The van der Waals surface area contributed by atoms with Gasteiger partial charge in [-0.25, -0.2) is 0 Å². The van der Waals surface area contributed by atoms with E-state index in [4.69, 9.17) is 5.73 Å². The van der Waals surface area contributed by atoms with Crippen LogP contribution in [0.4, 0.5) is 0 Å². The molecule has 2 atom stereocenters. The van der Waals surface area contributed by atoms with Crippen molar-refractivity contribution in [3.05, 3.63) is 35.4 Å². The van der Waals surface area contributed by atoms with Gasteiger partial charge < -0.3 is 5.73 Å². The molecule has 1 aliphatic heterocycles. The van der Waals surface area contributed by atoms with Gasteiger partial charge in [0, 0.05) is 25.2 Å². The van der Waals surface area contributed by atoms with Gasteiger partial charge in [0.15, 0.2) is 0 Å². The average molecular weight is 242 g/mol. The molecule has 2 rings (SSSR count). The summed E-state index contributed by atoms with van der Waals surface area (Å²) >= 11 is 0. The molecule has 1 aromatic carbocycles. The van der Waals surface area contributed by atoms with Crippen molar-refractivity contribution in [2.24, 2.45) is 17.6 Å². The number of likely N-dealkylation sites (tertiary alicyclic amines) is 1. The Morgan fingerprint density at radius 1 is 1.17 bits per heavy atom. The van der Waals surface area contributed by atoms with Gasteiger partial charge in [-0.15, -0.1) is 0 Å². The van der Waals surface area contributed by atoms with Crippen LogP contribution in [0.5, 0.6) is 0 Å². The molecule has 18 heavy (non-hydrogen) atoms. The lowest BCUT2D eigenvalue weighted by Crippen LogP contribution is -2.19. The van der Waals surface area contributed by atoms with Crippen LogP contribution in [0.25, 0.3) is 0 Å². The third-order valence-electron chi connectivity index (χ3n) is 3.76. The molecule has 2 nitrogen and oxygen atoms in total. The molecule has 0 spiro atoms. The van der Waals surface area contributed by atoms with E-state index in [1.165, 1.54) is 18.7 Å². The summed E-state index contributed by atoms with van der Waals surface area (Å²) in [5.74, 6) is 7.57. The summed E-state index contributed by atoms with van der Waals surface area (Å²) < 4.78 is 0. The molecule has 0 bridgehead atoms. The van der Waals surface area contributed by atoms with E-state index in [-0.39, 0.29) is 0 Å². The van der Waals surface area contributed by atoms with Crippen molar-refractivity contribution in [3.63, 3.8) is 0 Å². The maximum Gasteiger partial charge on any atom is 0.0555 e. The van der Waals surface area contributed by atoms with E-state index >= 15 is 0 Å². The number of nitrogens with zero attached hydrogens (tertiary/aromatic N) is 1. The van der Waals surface area contributed by atoms with Gasteiger partial charge in [-0.3, -0.25) is 4.90 Å². The van der Waals surface area contributed by atoms with Gasteiger partial charge in [0.05, 0.1) is 6.54 Å². The molecule has 0 radical (unpaired) electrons. The first-order chi connectivity index (χ1) is 8.69. The number of hydrogen-bond donors (Lipinski definition) is 1. The second kappa shape index (κ2) is 6.04. The maximum atomic E-state index is 5.36. The summed E-state index contributed by atoms with van der Waals surface area (Å²) in [5.41, 5.74) is 7.78. The zero-order valence-corrected chi connectivity index (χ0v) is 11.3. The van der Waals surface area contributed by atoms with Gasteiger partial charge in [0.25, 0.3) is 0 Å². The highest BCUT2D eigenvalue weighted by Gasteiger charge is 2.25. The first kappa shape index (κ1) is 13.1. The van der Waals surface area contributed by atoms with Gasteiger partial charge in [-0.1, -0.05) is 37.8 Å². The Morgan fingerprint density at radius 3 is 2.33 bits per heavy atom. The molecule has 0 saturated carbocycles. The lowest BCUT2D eigenvalue weighted by atomic mass is 10.0. The molecular weight excluding hydrogens is 220 g/mol. The lowest BCUT2D eigenvalue weighted by molar-refractivity contribution is 0.316. The summed E-state index contributed by atoms with van der Waals surface area (Å²) in [6.07, 6.45) is 0. The van der Waals surface area contributed by atoms with Crippen molar-refractivity contribution in [1.29, 1.82) is 0 Å². The highest BCUT2D eigenvalue weighted by molar-refractivity contribution is 5.36. The van der Waals surface area contributed by atoms with Crippen LogP contribution in [0, 0.1) is 23.7 Å². The van der Waals surface area contributed by atoms with Crippen LogP contribution in [-0.2, 0) is 6.54 Å². The summed E-state index contributed by atoms with van der Waals surface area (Å²) in [6, 6.07) is 8.52. The number of rotatable bonds is 2. The Hall–Kier alpha value is -1.30. The fraction of sp³-hybridized carbons (Fsp3) is 0.500. The van der Waals surface area contributed by atoms with E-state index < -0.39 is 0 Å². The second-order valence-electron chi connectivity index (χ2n) is 5.35. The minimum Gasteiger partial charge on any atom is -0.320 e. The van der Waals surface area contributed by atoms with Gasteiger partial charge >= 0.3 is 0 Å². The monoisotopic (exact) mass is 242 g/mol. The third kappa shape index (κ3) is 3.35. The molecule has 1 fully saturated rings. The van der Waals surface area contributed by atoms with Crippen molar-refractivity contribution >= 4 is 0 Å². The van der Waals surface area contributed by atoms with Crippen molar-refractivity contribution < 1.29 is 0 Å². The molecule has 1 saturated heterocycles. The minimum atomic E-state index is 0.422. The van der Waals surface area contributed by atoms with Crippen LogP contribution in [0.3, 0.4) is 0 Å². The average Bonchev–Trinajstić information content (AvgIpc) is 2.67. The highest BCUT2D eigenvalue weighted by atomic mass is 15.1. The smallest absolute Gasteiger partial charge is 0.0555 e. The van der Waals surface area contributed by atoms with E-state index in [0.29, 0.717) is 6.54 Å². The Labute approximate surface area is 110 Å². The summed E-state index contributed by atoms with van der Waals surface area (Å²) in [4.78, 5) is 2.54. The van der Waals surface area contributed by atoms with E-state index in [0.717, 1.165) is 23.9 Å². The van der Waals surface area contributed by atoms with Gasteiger partial charge in [0.1, 0.15) is 0 Å². The Bertz CT molecular complexity index is 428. The fourth-order valence-corrected chi connectivity index (χ4v) is 2.48. The lowest BCUT2D eigenvalue weighted by Gasteiger charge is -2.15. The maximum absolute atomic E-state index is 5.36. The summed E-state index contributed by atoms with van der Waals surface area (Å²) in [7, 11) is 0. The summed E-state index contributed by atoms with van der Waals surface area (Å²) in [6.45, 7) is 8.60. The quantitative estimate of drug-likeness (QED) is 0.805. The zero-order chi connectivity index (χ0) is 13.0. The van der Waals surface area contributed by atoms with Crippen molar-refractivity contribution in [2.75, 3.05) is 19.6 Å². The molecule has 2 heteroatoms. The van der Waals surface area contributed by atoms with Gasteiger partial charge in [-0.05, 0) is 29.5 Å². The number of benzene rings is 1. The Balaban J connectivity index is 1.94. The third-order valence-corrected chi connectivity index (χ3v) is 3.76. The van der Waals surface area contributed by atoms with E-state index in [2.05, 4.69) is 54.9 Å². The largest absolute Gasteiger partial charge is 0.320 e. The van der Waals surface area contributed by atoms with E-state index in [1.807, 2.05) is 0 Å². The van der Waals surface area contributed by atoms with Crippen molar-refractivity contribution in [2.45, 2.75) is 20.4 Å². The van der Waals surface area contributed by atoms with Crippen LogP contribution >= 0.6 is 0 Å². The molecule has 1 aliphatic rings. The molecule has 2 unspecified atom stereocenters. The predicted molar refractivity (Wildman–Crippen MR) is 76.0 cm³/mol. The molecular formula is C16H22N2. The highest BCUT2D eigenvalue weighted by Crippen LogP contribution is 2.23. The zero-order valence-electron chi connectivity index (χ0n) is 11.3. The first-order valence-electron chi connectivity index (χ1n) is 6.69. The van der Waals surface area contributed by atoms with Gasteiger partial charge in [-0.2, -0.15) is 0 Å². The molecule has 0 aliphatic carbocycles. The molecule has 2 N–H and O–H groups in total. The molecule has 1 heterocycles. The van der Waals surface area contributed by atoms with Crippen LogP contribution in [0.2, 0.25) is 0 Å². The fourth-order valence-electron chi connectivity index (χ4n) is 2.48. The molecule has 0 aromatic heterocycles. The number of nitrogens with two attached hydrogens (primary N) is 1. The first-order valence-corrected chi connectivity index (χ1v) is 6.69. The van der Waals surface area contributed by atoms with Crippen molar-refractivity contribution in [3.8, 4) is 11.8 Å². The van der Waals surface area contributed by atoms with E-state index in [1.54, 1.807) is 0 Å². The molecule has 0 amide bonds. The Morgan fingerprint density at radius 2 is 1.78 bits per heavy atom. The standard InChI is InChI=1S/C16H22N2/c1-13-10-18(11-14(13)2)12-16-7-5-15(6-8-16)4-3-9-17/h5-8,13-14H,9-12,17H2,1-2H3. The number of hydrogen-bond acceptors (Lipinski definition) is 2. The van der Waals surface area contributed by atoms with E-state index in [9.17, 15) is 0 Å². The topological polar surface area (TPSA) is 29.3 Å².